The third kappa shape index (κ3) is 2.31. The van der Waals surface area contributed by atoms with Gasteiger partial charge in [-0.1, -0.05) is 48.9 Å². The van der Waals surface area contributed by atoms with Crippen LogP contribution >= 0.6 is 0 Å². The molecule has 1 atom stereocenters. The third-order valence-corrected chi connectivity index (χ3v) is 8.09. The summed E-state index contributed by atoms with van der Waals surface area (Å²) in [5.74, 6) is 0.328. The smallest absolute Gasteiger partial charge is 0.255 e. The minimum absolute atomic E-state index is 0.328. The Kier molecular flexibility index (Phi) is 3.40. The van der Waals surface area contributed by atoms with Crippen LogP contribution in [-0.2, 0) is 4.43 Å². The molecule has 0 saturated carbocycles. The molecular formula is C16H18O2Si. The van der Waals surface area contributed by atoms with E-state index in [-0.39, 0.29) is 0 Å². The Hall–Kier alpha value is -1.58. The van der Waals surface area contributed by atoms with Crippen molar-refractivity contribution in [2.45, 2.75) is 18.9 Å². The molecule has 0 amide bonds. The van der Waals surface area contributed by atoms with Gasteiger partial charge >= 0.3 is 0 Å². The molecule has 2 nitrogen and oxygen atoms in total. The predicted octanol–water partition coefficient (Wildman–Crippen LogP) is 2.26. The van der Waals surface area contributed by atoms with E-state index >= 15 is 0 Å². The van der Waals surface area contributed by atoms with Crippen molar-refractivity contribution in [1.29, 1.82) is 0 Å². The second-order valence-corrected chi connectivity index (χ2v) is 8.65. The van der Waals surface area contributed by atoms with Crippen molar-refractivity contribution in [3.8, 4) is 5.75 Å². The highest BCUT2D eigenvalue weighted by molar-refractivity contribution is 6.97. The van der Waals surface area contributed by atoms with E-state index in [0.29, 0.717) is 5.75 Å². The lowest BCUT2D eigenvalue weighted by molar-refractivity contribution is 0.283. The second kappa shape index (κ2) is 5.19. The lowest BCUT2D eigenvalue weighted by Gasteiger charge is -2.35. The van der Waals surface area contributed by atoms with Crippen molar-refractivity contribution < 1.29 is 9.53 Å². The van der Waals surface area contributed by atoms with E-state index in [2.05, 4.69) is 30.3 Å². The molecule has 1 aliphatic rings. The van der Waals surface area contributed by atoms with Crippen LogP contribution in [0.3, 0.4) is 0 Å². The van der Waals surface area contributed by atoms with Crippen molar-refractivity contribution in [2.75, 3.05) is 6.61 Å². The molecule has 1 aliphatic heterocycles. The molecule has 0 spiro atoms. The van der Waals surface area contributed by atoms with Crippen LogP contribution in [0.25, 0.3) is 0 Å². The molecule has 1 unspecified atom stereocenters. The SMILES string of the molecule is Oc1cccc([Si]2(c3ccccc3)CCCCO2)c1. The summed E-state index contributed by atoms with van der Waals surface area (Å²) >= 11 is 0. The first kappa shape index (κ1) is 12.5. The number of phenolic OH excluding ortho intramolecular Hbond substituents is 1. The molecule has 2 aromatic carbocycles. The van der Waals surface area contributed by atoms with Crippen LogP contribution in [0.15, 0.2) is 54.6 Å². The zero-order chi connectivity index (χ0) is 13.1. The van der Waals surface area contributed by atoms with Gasteiger partial charge in [-0.05, 0) is 35.0 Å². The normalized spacial score (nSPS) is 23.2. The quantitative estimate of drug-likeness (QED) is 0.848. The summed E-state index contributed by atoms with van der Waals surface area (Å²) in [4.78, 5) is 0. The topological polar surface area (TPSA) is 29.5 Å². The number of hydrogen-bond acceptors (Lipinski definition) is 2. The fraction of sp³-hybridized carbons (Fsp3) is 0.250. The van der Waals surface area contributed by atoms with Gasteiger partial charge in [-0.15, -0.1) is 0 Å². The highest BCUT2D eigenvalue weighted by Crippen LogP contribution is 2.23. The largest absolute Gasteiger partial charge is 0.508 e. The second-order valence-electron chi connectivity index (χ2n) is 5.05. The highest BCUT2D eigenvalue weighted by Gasteiger charge is 2.41. The summed E-state index contributed by atoms with van der Waals surface area (Å²) < 4.78 is 6.32. The molecule has 1 saturated heterocycles. The van der Waals surface area contributed by atoms with Gasteiger partial charge in [0.25, 0.3) is 8.32 Å². The van der Waals surface area contributed by atoms with Gasteiger partial charge in [-0.2, -0.15) is 0 Å². The number of phenols is 1. The average molecular weight is 270 g/mol. The Morgan fingerprint density at radius 3 is 2.37 bits per heavy atom. The van der Waals surface area contributed by atoms with Crippen LogP contribution in [0.5, 0.6) is 5.75 Å². The molecule has 0 radical (unpaired) electrons. The molecular weight excluding hydrogens is 252 g/mol. The molecule has 98 valence electrons. The Labute approximate surface area is 114 Å². The minimum atomic E-state index is -2.13. The van der Waals surface area contributed by atoms with Crippen LogP contribution < -0.4 is 10.4 Å². The number of aromatic hydroxyl groups is 1. The van der Waals surface area contributed by atoms with Crippen LogP contribution in [0, 0.1) is 0 Å². The fourth-order valence-electron chi connectivity index (χ4n) is 2.88. The first-order chi connectivity index (χ1) is 9.31. The lowest BCUT2D eigenvalue weighted by Crippen LogP contribution is -2.62. The van der Waals surface area contributed by atoms with Crippen molar-refractivity contribution >= 4 is 18.7 Å². The molecule has 2 aromatic rings. The van der Waals surface area contributed by atoms with Crippen molar-refractivity contribution in [2.24, 2.45) is 0 Å². The van der Waals surface area contributed by atoms with Crippen LogP contribution in [0.4, 0.5) is 0 Å². The van der Waals surface area contributed by atoms with Crippen molar-refractivity contribution in [3.63, 3.8) is 0 Å². The third-order valence-electron chi connectivity index (χ3n) is 3.82. The van der Waals surface area contributed by atoms with E-state index in [1.807, 2.05) is 18.2 Å². The summed E-state index contributed by atoms with van der Waals surface area (Å²) in [5.41, 5.74) is 0. The van der Waals surface area contributed by atoms with E-state index in [0.717, 1.165) is 19.1 Å². The van der Waals surface area contributed by atoms with Gasteiger partial charge in [-0.25, -0.2) is 0 Å². The molecule has 1 fully saturated rings. The first-order valence-electron chi connectivity index (χ1n) is 6.80. The summed E-state index contributed by atoms with van der Waals surface area (Å²) in [7, 11) is -2.13. The van der Waals surface area contributed by atoms with Gasteiger partial charge in [0.2, 0.25) is 0 Å². The molecule has 1 N–H and O–H groups in total. The van der Waals surface area contributed by atoms with E-state index < -0.39 is 8.32 Å². The molecule has 0 aromatic heterocycles. The van der Waals surface area contributed by atoms with Gasteiger partial charge in [0, 0.05) is 6.61 Å². The number of rotatable bonds is 2. The van der Waals surface area contributed by atoms with Crippen molar-refractivity contribution in [1.82, 2.24) is 0 Å². The Morgan fingerprint density at radius 1 is 0.895 bits per heavy atom. The molecule has 1 heterocycles. The van der Waals surface area contributed by atoms with Crippen LogP contribution in [-0.4, -0.2) is 20.0 Å². The zero-order valence-electron chi connectivity index (χ0n) is 10.9. The molecule has 19 heavy (non-hydrogen) atoms. The summed E-state index contributed by atoms with van der Waals surface area (Å²) in [5, 5.41) is 12.3. The molecule has 3 rings (SSSR count). The summed E-state index contributed by atoms with van der Waals surface area (Å²) in [6.07, 6.45) is 2.34. The van der Waals surface area contributed by atoms with Gasteiger partial charge in [-0.3, -0.25) is 0 Å². The van der Waals surface area contributed by atoms with E-state index in [1.54, 1.807) is 6.07 Å². The maximum atomic E-state index is 9.77. The van der Waals surface area contributed by atoms with Gasteiger partial charge in [0.15, 0.2) is 0 Å². The standard InChI is InChI=1S/C16H18O2Si/c17-14-7-6-10-16(13-14)19(12-5-4-11-18-19)15-8-2-1-3-9-15/h1-3,6-10,13,17H,4-5,11-12H2. The van der Waals surface area contributed by atoms with Gasteiger partial charge < -0.3 is 9.53 Å². The Balaban J connectivity index is 2.12. The van der Waals surface area contributed by atoms with Gasteiger partial charge in [0.05, 0.1) is 0 Å². The average Bonchev–Trinajstić information content (AvgIpc) is 2.49. The van der Waals surface area contributed by atoms with E-state index in [9.17, 15) is 5.11 Å². The maximum Gasteiger partial charge on any atom is 0.255 e. The Bertz CT molecular complexity index is 548. The van der Waals surface area contributed by atoms with E-state index in [4.69, 9.17) is 4.43 Å². The van der Waals surface area contributed by atoms with Crippen LogP contribution in [0.2, 0.25) is 6.04 Å². The predicted molar refractivity (Wildman–Crippen MR) is 79.6 cm³/mol. The summed E-state index contributed by atoms with van der Waals surface area (Å²) in [6.45, 7) is 0.830. The maximum absolute atomic E-state index is 9.77. The summed E-state index contributed by atoms with van der Waals surface area (Å²) in [6, 6.07) is 19.2. The number of benzene rings is 2. The highest BCUT2D eigenvalue weighted by atomic mass is 28.4. The van der Waals surface area contributed by atoms with Crippen molar-refractivity contribution in [3.05, 3.63) is 54.6 Å². The monoisotopic (exact) mass is 270 g/mol. The van der Waals surface area contributed by atoms with Gasteiger partial charge in [0.1, 0.15) is 5.75 Å². The Morgan fingerprint density at radius 2 is 1.68 bits per heavy atom. The fourth-order valence-corrected chi connectivity index (χ4v) is 6.99. The molecule has 0 aliphatic carbocycles. The molecule has 3 heteroatoms. The molecule has 0 bridgehead atoms. The zero-order valence-corrected chi connectivity index (χ0v) is 11.9. The minimum Gasteiger partial charge on any atom is -0.508 e. The number of hydrogen-bond donors (Lipinski definition) is 1. The van der Waals surface area contributed by atoms with Crippen LogP contribution in [0.1, 0.15) is 12.8 Å². The first-order valence-corrected chi connectivity index (χ1v) is 8.92. The lowest BCUT2D eigenvalue weighted by atomic mass is 10.3. The van der Waals surface area contributed by atoms with E-state index in [1.165, 1.54) is 16.8 Å².